The number of hydrogen-bond donors (Lipinski definition) is 0. The van der Waals surface area contributed by atoms with Gasteiger partial charge in [0.05, 0.1) is 11.4 Å². The Morgan fingerprint density at radius 3 is 2.77 bits per heavy atom. The zero-order valence-electron chi connectivity index (χ0n) is 11.8. The van der Waals surface area contributed by atoms with Crippen LogP contribution in [0.15, 0.2) is 79.4 Å². The molecule has 4 rings (SSSR count). The van der Waals surface area contributed by atoms with Crippen LogP contribution in [0.3, 0.4) is 0 Å². The largest absolute Gasteiger partial charge is 0.325 e. The highest BCUT2D eigenvalue weighted by Crippen LogP contribution is 2.44. The second-order valence-electron chi connectivity index (χ2n) is 5.19. The zero-order chi connectivity index (χ0) is 15.0. The maximum absolute atomic E-state index is 12.9. The summed E-state index contributed by atoms with van der Waals surface area (Å²) in [5.41, 5.74) is 1.58. The minimum atomic E-state index is -0.888. The lowest BCUT2D eigenvalue weighted by atomic mass is 9.88. The van der Waals surface area contributed by atoms with Crippen LogP contribution in [-0.2, 0) is 10.3 Å². The van der Waals surface area contributed by atoms with Crippen LogP contribution >= 0.6 is 0 Å². The van der Waals surface area contributed by atoms with Crippen molar-refractivity contribution in [2.24, 2.45) is 0 Å². The van der Waals surface area contributed by atoms with Gasteiger partial charge in [0, 0.05) is 36.4 Å². The summed E-state index contributed by atoms with van der Waals surface area (Å²) < 4.78 is 0. The Morgan fingerprint density at radius 1 is 1.05 bits per heavy atom. The molecule has 106 valence electrons. The number of ketones is 1. The van der Waals surface area contributed by atoms with Crippen molar-refractivity contribution >= 4 is 11.5 Å². The van der Waals surface area contributed by atoms with E-state index in [9.17, 15) is 4.79 Å². The quantitative estimate of drug-likeness (QED) is 0.852. The third-order valence-corrected chi connectivity index (χ3v) is 3.98. The molecule has 0 N–H and O–H groups in total. The van der Waals surface area contributed by atoms with E-state index in [1.54, 1.807) is 24.7 Å². The minimum Gasteiger partial charge on any atom is -0.325 e. The Labute approximate surface area is 128 Å². The first-order valence-electron chi connectivity index (χ1n) is 7.06. The SMILES string of the molecule is O=C1C=C(c2cccnc2)N2C=CC=CC12c1ccccn1. The summed E-state index contributed by atoms with van der Waals surface area (Å²) in [4.78, 5) is 23.4. The zero-order valence-corrected chi connectivity index (χ0v) is 11.8. The van der Waals surface area contributed by atoms with Crippen LogP contribution in [0.4, 0.5) is 0 Å². The summed E-state index contributed by atoms with van der Waals surface area (Å²) >= 11 is 0. The predicted octanol–water partition coefficient (Wildman–Crippen LogP) is 2.68. The molecular formula is C18H13N3O. The van der Waals surface area contributed by atoms with E-state index >= 15 is 0 Å². The molecular weight excluding hydrogens is 274 g/mol. The van der Waals surface area contributed by atoms with Gasteiger partial charge in [-0.25, -0.2) is 0 Å². The van der Waals surface area contributed by atoms with E-state index in [1.165, 1.54) is 0 Å². The van der Waals surface area contributed by atoms with Crippen molar-refractivity contribution in [2.75, 3.05) is 0 Å². The fourth-order valence-corrected chi connectivity index (χ4v) is 2.96. The van der Waals surface area contributed by atoms with E-state index in [1.807, 2.05) is 59.7 Å². The fraction of sp³-hybridized carbons (Fsp3) is 0.0556. The van der Waals surface area contributed by atoms with Crippen LogP contribution < -0.4 is 0 Å². The number of carbonyl (C=O) groups excluding carboxylic acids is 1. The summed E-state index contributed by atoms with van der Waals surface area (Å²) in [5, 5.41) is 0. The lowest BCUT2D eigenvalue weighted by Crippen LogP contribution is -2.43. The highest BCUT2D eigenvalue weighted by molar-refractivity contribution is 6.10. The molecule has 0 saturated carbocycles. The van der Waals surface area contributed by atoms with Gasteiger partial charge in [-0.2, -0.15) is 0 Å². The van der Waals surface area contributed by atoms with E-state index in [-0.39, 0.29) is 5.78 Å². The molecule has 2 aliphatic heterocycles. The molecule has 0 aliphatic carbocycles. The van der Waals surface area contributed by atoms with Gasteiger partial charge in [0.15, 0.2) is 11.3 Å². The number of hydrogen-bond acceptors (Lipinski definition) is 4. The van der Waals surface area contributed by atoms with E-state index in [2.05, 4.69) is 9.97 Å². The number of allylic oxidation sites excluding steroid dienone is 2. The topological polar surface area (TPSA) is 46.1 Å². The van der Waals surface area contributed by atoms with E-state index in [0.717, 1.165) is 17.0 Å². The standard InChI is InChI=1S/C18H13N3O/c22-17-12-15(14-6-5-9-19-13-14)21-11-4-2-8-18(17,21)16-7-1-3-10-20-16/h1-13H. The van der Waals surface area contributed by atoms with Crippen LogP contribution in [0.25, 0.3) is 5.70 Å². The van der Waals surface area contributed by atoms with Gasteiger partial charge in [-0.15, -0.1) is 0 Å². The van der Waals surface area contributed by atoms with Gasteiger partial charge in [-0.1, -0.05) is 12.1 Å². The number of pyridine rings is 2. The van der Waals surface area contributed by atoms with Crippen LogP contribution in [0.1, 0.15) is 11.3 Å². The fourth-order valence-electron chi connectivity index (χ4n) is 2.96. The van der Waals surface area contributed by atoms with Gasteiger partial charge >= 0.3 is 0 Å². The molecule has 0 spiro atoms. The van der Waals surface area contributed by atoms with Crippen molar-refractivity contribution in [3.8, 4) is 0 Å². The first-order chi connectivity index (χ1) is 10.8. The Bertz CT molecular complexity index is 809. The van der Waals surface area contributed by atoms with Crippen LogP contribution in [0.2, 0.25) is 0 Å². The summed E-state index contributed by atoms with van der Waals surface area (Å²) in [7, 11) is 0. The molecule has 2 aliphatic rings. The monoisotopic (exact) mass is 287 g/mol. The summed E-state index contributed by atoms with van der Waals surface area (Å²) in [6.45, 7) is 0. The predicted molar refractivity (Wildman–Crippen MR) is 83.3 cm³/mol. The molecule has 0 bridgehead atoms. The van der Waals surface area contributed by atoms with Gasteiger partial charge in [-0.05, 0) is 36.4 Å². The first-order valence-corrected chi connectivity index (χ1v) is 7.06. The maximum Gasteiger partial charge on any atom is 0.193 e. The maximum atomic E-state index is 12.9. The van der Waals surface area contributed by atoms with Gasteiger partial charge in [0.25, 0.3) is 0 Å². The number of rotatable bonds is 2. The van der Waals surface area contributed by atoms with Crippen molar-refractivity contribution < 1.29 is 4.79 Å². The smallest absolute Gasteiger partial charge is 0.193 e. The third kappa shape index (κ3) is 1.67. The van der Waals surface area contributed by atoms with Gasteiger partial charge < -0.3 is 4.90 Å². The lowest BCUT2D eigenvalue weighted by molar-refractivity contribution is -0.120. The molecule has 1 unspecified atom stereocenters. The van der Waals surface area contributed by atoms with Crippen LogP contribution in [0, 0.1) is 0 Å². The molecule has 1 atom stereocenters. The number of aromatic nitrogens is 2. The molecule has 22 heavy (non-hydrogen) atoms. The van der Waals surface area contributed by atoms with Gasteiger partial charge in [0.2, 0.25) is 0 Å². The van der Waals surface area contributed by atoms with Crippen molar-refractivity contribution in [2.45, 2.75) is 5.54 Å². The van der Waals surface area contributed by atoms with E-state index in [0.29, 0.717) is 0 Å². The van der Waals surface area contributed by atoms with Crippen molar-refractivity contribution in [1.82, 2.24) is 14.9 Å². The molecule has 4 heterocycles. The Morgan fingerprint density at radius 2 is 2.00 bits per heavy atom. The van der Waals surface area contributed by atoms with Gasteiger partial charge in [-0.3, -0.25) is 14.8 Å². The summed E-state index contributed by atoms with van der Waals surface area (Å²) in [5.74, 6) is 0.00523. The highest BCUT2D eigenvalue weighted by Gasteiger charge is 2.49. The molecule has 0 saturated heterocycles. The van der Waals surface area contributed by atoms with Crippen LogP contribution in [-0.4, -0.2) is 20.7 Å². The van der Waals surface area contributed by atoms with Crippen molar-refractivity contribution in [3.63, 3.8) is 0 Å². The second-order valence-corrected chi connectivity index (χ2v) is 5.19. The van der Waals surface area contributed by atoms with Crippen LogP contribution in [0.5, 0.6) is 0 Å². The number of nitrogens with zero attached hydrogens (tertiary/aromatic N) is 3. The Balaban J connectivity index is 1.89. The molecule has 0 amide bonds. The first kappa shape index (κ1) is 12.7. The second kappa shape index (κ2) is 4.77. The molecule has 0 fully saturated rings. The van der Waals surface area contributed by atoms with Crippen molar-refractivity contribution in [3.05, 3.63) is 90.7 Å². The van der Waals surface area contributed by atoms with E-state index < -0.39 is 5.54 Å². The van der Waals surface area contributed by atoms with E-state index in [4.69, 9.17) is 0 Å². The molecule has 0 aromatic carbocycles. The lowest BCUT2D eigenvalue weighted by Gasteiger charge is -2.37. The van der Waals surface area contributed by atoms with Crippen molar-refractivity contribution in [1.29, 1.82) is 0 Å². The Hall–Kier alpha value is -3.01. The number of carbonyl (C=O) groups is 1. The summed E-state index contributed by atoms with van der Waals surface area (Å²) in [6, 6.07) is 9.45. The molecule has 2 aromatic rings. The molecule has 2 aromatic heterocycles. The van der Waals surface area contributed by atoms with Gasteiger partial charge in [0.1, 0.15) is 0 Å². The minimum absolute atomic E-state index is 0.00523. The Kier molecular flexibility index (Phi) is 2.76. The normalized spacial score (nSPS) is 22.6. The average molecular weight is 287 g/mol. The summed E-state index contributed by atoms with van der Waals surface area (Å²) in [6.07, 6.45) is 14.5. The third-order valence-electron chi connectivity index (χ3n) is 3.98. The average Bonchev–Trinajstić information content (AvgIpc) is 2.91. The molecule has 4 nitrogen and oxygen atoms in total. The molecule has 0 radical (unpaired) electrons. The molecule has 4 heteroatoms. The number of fused-ring (bicyclic) bond motifs is 1. The highest BCUT2D eigenvalue weighted by atomic mass is 16.1.